The largest absolute Gasteiger partial charge is 0.494 e. The molecule has 1 saturated heterocycles. The average molecular weight is 483 g/mol. The molecule has 2 aliphatic rings. The van der Waals surface area contributed by atoms with Crippen molar-refractivity contribution in [1.82, 2.24) is 25.2 Å². The number of fused-ring (bicyclic) bond motifs is 1. The summed E-state index contributed by atoms with van der Waals surface area (Å²) < 4.78 is 14.0. The van der Waals surface area contributed by atoms with Crippen LogP contribution < -0.4 is 10.8 Å². The molecule has 2 aliphatic heterocycles. The van der Waals surface area contributed by atoms with Gasteiger partial charge in [-0.15, -0.1) is 5.10 Å². The summed E-state index contributed by atoms with van der Waals surface area (Å²) in [5.74, 6) is -0.352. The Kier molecular flexibility index (Phi) is 6.21. The van der Waals surface area contributed by atoms with E-state index < -0.39 is 24.4 Å². The molecule has 3 heterocycles. The maximum absolute atomic E-state index is 13.0. The monoisotopic (exact) mass is 483 g/mol. The first-order valence-corrected chi connectivity index (χ1v) is 11.9. The average Bonchev–Trinajstić information content (AvgIpc) is 3.27. The number of carbonyl (C=O) groups excluding carboxylic acids is 1. The molecule has 35 heavy (non-hydrogen) atoms. The van der Waals surface area contributed by atoms with Crippen LogP contribution in [0.4, 0.5) is 4.79 Å². The van der Waals surface area contributed by atoms with Crippen molar-refractivity contribution in [3.63, 3.8) is 0 Å². The Labute approximate surface area is 206 Å². The highest BCUT2D eigenvalue weighted by Crippen LogP contribution is 2.37. The van der Waals surface area contributed by atoms with Gasteiger partial charge in [-0.25, -0.2) is 9.48 Å². The molecule has 1 fully saturated rings. The van der Waals surface area contributed by atoms with Gasteiger partial charge in [-0.2, -0.15) is 0 Å². The summed E-state index contributed by atoms with van der Waals surface area (Å²) in [7, 11) is -0.563. The van der Waals surface area contributed by atoms with Crippen molar-refractivity contribution in [3.05, 3.63) is 41.2 Å². The third-order valence-corrected chi connectivity index (χ3v) is 7.11. The maximum Gasteiger partial charge on any atom is 0.494 e. The number of benzene rings is 1. The molecule has 4 rings (SSSR count). The third-order valence-electron chi connectivity index (χ3n) is 7.11. The van der Waals surface area contributed by atoms with E-state index in [0.29, 0.717) is 6.42 Å². The van der Waals surface area contributed by atoms with Gasteiger partial charge in [-0.1, -0.05) is 23.4 Å². The number of rotatable bonds is 3. The van der Waals surface area contributed by atoms with Crippen molar-refractivity contribution in [3.8, 4) is 0 Å². The minimum absolute atomic E-state index is 0.213. The van der Waals surface area contributed by atoms with E-state index in [2.05, 4.69) is 15.6 Å². The van der Waals surface area contributed by atoms with E-state index in [0.717, 1.165) is 16.6 Å². The standard InChI is InChI=1S/C24H34BN5O5/c1-22(2,3)30-14-19(27-28-30)20(31)26-18-10-11-29(21(32)33)13-15-12-16(8-9-17(15)18)25-34-23(4,5)24(6,7)35-25/h8-9,12,14,18H,10-11,13H2,1-7H3,(H,26,31)(H,32,33)/t18-/m1/s1. The van der Waals surface area contributed by atoms with Crippen molar-refractivity contribution in [1.29, 1.82) is 0 Å². The zero-order valence-electron chi connectivity index (χ0n) is 21.5. The molecule has 2 amide bonds. The molecule has 0 saturated carbocycles. The van der Waals surface area contributed by atoms with Gasteiger partial charge in [-0.05, 0) is 71.5 Å². The predicted octanol–water partition coefficient (Wildman–Crippen LogP) is 2.69. The number of amides is 2. The van der Waals surface area contributed by atoms with Gasteiger partial charge < -0.3 is 24.6 Å². The van der Waals surface area contributed by atoms with E-state index in [9.17, 15) is 14.7 Å². The zero-order valence-corrected chi connectivity index (χ0v) is 21.5. The third kappa shape index (κ3) is 4.92. The summed E-state index contributed by atoms with van der Waals surface area (Å²) in [5.41, 5.74) is 1.43. The molecule has 1 aromatic heterocycles. The number of hydrogen-bond acceptors (Lipinski definition) is 6. The highest BCUT2D eigenvalue weighted by molar-refractivity contribution is 6.62. The normalized spacial score (nSPS) is 21.4. The quantitative estimate of drug-likeness (QED) is 0.645. The second-order valence-electron chi connectivity index (χ2n) is 11.3. The van der Waals surface area contributed by atoms with Gasteiger partial charge in [0.15, 0.2) is 5.69 Å². The molecule has 11 heteroatoms. The SMILES string of the molecule is CC(C)(C)n1cc(C(=O)N[C@@H]2CCN(C(=O)O)Cc3cc(B4OC(C)(C)C(C)(C)O4)ccc32)nn1. The fourth-order valence-electron chi connectivity index (χ4n) is 4.19. The number of nitrogens with one attached hydrogen (secondary N) is 1. The number of hydrogen-bond donors (Lipinski definition) is 2. The van der Waals surface area contributed by atoms with Gasteiger partial charge in [0.25, 0.3) is 5.91 Å². The first kappa shape index (κ1) is 25.2. The molecule has 0 aliphatic carbocycles. The fraction of sp³-hybridized carbons (Fsp3) is 0.583. The minimum Gasteiger partial charge on any atom is -0.465 e. The van der Waals surface area contributed by atoms with Crippen LogP contribution >= 0.6 is 0 Å². The Bertz CT molecular complexity index is 1120. The summed E-state index contributed by atoms with van der Waals surface area (Å²) in [4.78, 5) is 26.2. The van der Waals surface area contributed by atoms with Crippen LogP contribution in [-0.4, -0.2) is 61.9 Å². The van der Waals surface area contributed by atoms with Crippen molar-refractivity contribution in [2.24, 2.45) is 0 Å². The topological polar surface area (TPSA) is 119 Å². The predicted molar refractivity (Wildman–Crippen MR) is 130 cm³/mol. The fourth-order valence-corrected chi connectivity index (χ4v) is 4.19. The lowest BCUT2D eigenvalue weighted by atomic mass is 9.77. The molecule has 0 radical (unpaired) electrons. The molecule has 0 spiro atoms. The van der Waals surface area contributed by atoms with Crippen molar-refractivity contribution in [2.75, 3.05) is 6.54 Å². The maximum atomic E-state index is 13.0. The van der Waals surface area contributed by atoms with Crippen molar-refractivity contribution < 1.29 is 24.0 Å². The van der Waals surface area contributed by atoms with E-state index in [1.54, 1.807) is 10.9 Å². The summed E-state index contributed by atoms with van der Waals surface area (Å²) >= 11 is 0. The smallest absolute Gasteiger partial charge is 0.465 e. The van der Waals surface area contributed by atoms with Gasteiger partial charge >= 0.3 is 13.2 Å². The van der Waals surface area contributed by atoms with Crippen LogP contribution in [0.2, 0.25) is 0 Å². The molecule has 1 aromatic carbocycles. The summed E-state index contributed by atoms with van der Waals surface area (Å²) in [6.45, 7) is 14.4. The molecule has 1 atom stereocenters. The van der Waals surface area contributed by atoms with Crippen LogP contribution in [0.3, 0.4) is 0 Å². The molecule has 0 unspecified atom stereocenters. The molecule has 10 nitrogen and oxygen atoms in total. The molecule has 0 bridgehead atoms. The Morgan fingerprint density at radius 2 is 1.83 bits per heavy atom. The van der Waals surface area contributed by atoms with Gasteiger partial charge in [0.2, 0.25) is 0 Å². The first-order valence-electron chi connectivity index (χ1n) is 11.9. The van der Waals surface area contributed by atoms with E-state index in [1.165, 1.54) is 4.90 Å². The first-order chi connectivity index (χ1) is 16.2. The zero-order chi connectivity index (χ0) is 25.8. The molecule has 188 valence electrons. The number of aromatic nitrogens is 3. The molecular weight excluding hydrogens is 449 g/mol. The van der Waals surface area contributed by atoms with Crippen molar-refractivity contribution in [2.45, 2.75) is 84.2 Å². The summed E-state index contributed by atoms with van der Waals surface area (Å²) in [5, 5.41) is 20.8. The second kappa shape index (κ2) is 8.63. The lowest BCUT2D eigenvalue weighted by molar-refractivity contribution is 0.00578. The Morgan fingerprint density at radius 3 is 2.40 bits per heavy atom. The Balaban J connectivity index is 1.62. The summed E-state index contributed by atoms with van der Waals surface area (Å²) in [6.07, 6.45) is 1.06. The van der Waals surface area contributed by atoms with E-state index in [-0.39, 0.29) is 36.3 Å². The van der Waals surface area contributed by atoms with E-state index in [1.807, 2.05) is 66.7 Å². The number of carbonyl (C=O) groups is 2. The molecule has 2 N–H and O–H groups in total. The lowest BCUT2D eigenvalue weighted by Gasteiger charge is -2.32. The van der Waals surface area contributed by atoms with E-state index in [4.69, 9.17) is 9.31 Å². The van der Waals surface area contributed by atoms with Crippen LogP contribution in [0.15, 0.2) is 24.4 Å². The van der Waals surface area contributed by atoms with Crippen LogP contribution in [0, 0.1) is 0 Å². The highest BCUT2D eigenvalue weighted by Gasteiger charge is 2.51. The van der Waals surface area contributed by atoms with Crippen molar-refractivity contribution >= 4 is 24.6 Å². The van der Waals surface area contributed by atoms with Crippen LogP contribution in [0.1, 0.15) is 82.5 Å². The number of carboxylic acid groups (broad SMARTS) is 1. The van der Waals surface area contributed by atoms with Crippen LogP contribution in [0.25, 0.3) is 0 Å². The van der Waals surface area contributed by atoms with Gasteiger partial charge in [0.05, 0.1) is 29.0 Å². The van der Waals surface area contributed by atoms with Crippen LogP contribution in [0.5, 0.6) is 0 Å². The second-order valence-corrected chi connectivity index (χ2v) is 11.3. The van der Waals surface area contributed by atoms with E-state index >= 15 is 0 Å². The lowest BCUT2D eigenvalue weighted by Crippen LogP contribution is -2.41. The Hall–Kier alpha value is -2.92. The van der Waals surface area contributed by atoms with Crippen LogP contribution in [-0.2, 0) is 21.4 Å². The van der Waals surface area contributed by atoms with Gasteiger partial charge in [0.1, 0.15) is 0 Å². The molecule has 2 aromatic rings. The number of nitrogens with zero attached hydrogens (tertiary/aromatic N) is 4. The Morgan fingerprint density at radius 1 is 1.17 bits per heavy atom. The highest BCUT2D eigenvalue weighted by atomic mass is 16.7. The summed E-state index contributed by atoms with van der Waals surface area (Å²) in [6, 6.07) is 5.40. The minimum atomic E-state index is -1.00. The molecular formula is C24H34BN5O5. The van der Waals surface area contributed by atoms with Gasteiger partial charge in [0, 0.05) is 13.1 Å². The van der Waals surface area contributed by atoms with Gasteiger partial charge in [-0.3, -0.25) is 4.79 Å².